The number of benzene rings is 1. The monoisotopic (exact) mass is 551 g/mol. The molecule has 0 spiro atoms. The third-order valence-corrected chi connectivity index (χ3v) is 8.14. The minimum absolute atomic E-state index is 0.0142. The largest absolute Gasteiger partial charge is 0.377 e. The lowest BCUT2D eigenvalue weighted by molar-refractivity contribution is -0.122. The molecule has 5 N–H and O–H groups in total. The minimum atomic E-state index is -4.56. The van der Waals surface area contributed by atoms with Crippen molar-refractivity contribution in [1.82, 2.24) is 5.32 Å². The number of hydrogen-bond donors (Lipinski definition) is 4. The van der Waals surface area contributed by atoms with Crippen LogP contribution in [-0.2, 0) is 34.6 Å². The number of nitrogens with two attached hydrogens (primary N) is 1. The van der Waals surface area contributed by atoms with Crippen LogP contribution >= 0.6 is 21.6 Å². The van der Waals surface area contributed by atoms with Crippen LogP contribution in [0.3, 0.4) is 0 Å². The second-order valence-electron chi connectivity index (χ2n) is 8.70. The number of rotatable bonds is 15. The van der Waals surface area contributed by atoms with Crippen LogP contribution in [0.15, 0.2) is 18.2 Å². The summed E-state index contributed by atoms with van der Waals surface area (Å²) in [5.41, 5.74) is 8.32. The van der Waals surface area contributed by atoms with Crippen molar-refractivity contribution in [3.05, 3.63) is 29.3 Å². The molecule has 0 aliphatic rings. The minimum Gasteiger partial charge on any atom is -0.377 e. The van der Waals surface area contributed by atoms with E-state index in [1.54, 1.807) is 21.6 Å². The lowest BCUT2D eigenvalue weighted by Gasteiger charge is -2.26. The van der Waals surface area contributed by atoms with Gasteiger partial charge in [-0.2, -0.15) is 8.42 Å². The van der Waals surface area contributed by atoms with Crippen LogP contribution in [-0.4, -0.2) is 75.8 Å². The summed E-state index contributed by atoms with van der Waals surface area (Å²) in [5, 5.41) is 3.74. The average molecular weight is 552 g/mol. The van der Waals surface area contributed by atoms with Gasteiger partial charge >= 0.3 is 0 Å². The highest BCUT2D eigenvalue weighted by Crippen LogP contribution is 2.41. The van der Waals surface area contributed by atoms with Crippen molar-refractivity contribution in [2.75, 3.05) is 51.1 Å². The maximum atomic E-state index is 12.3. The van der Waals surface area contributed by atoms with Crippen molar-refractivity contribution in [2.24, 2.45) is 5.73 Å². The number of anilines is 1. The molecule has 2 unspecified atom stereocenters. The van der Waals surface area contributed by atoms with Crippen LogP contribution < -0.4 is 16.4 Å². The van der Waals surface area contributed by atoms with Crippen molar-refractivity contribution in [2.45, 2.75) is 43.6 Å². The molecule has 0 bridgehead atoms. The number of carbonyl (C=O) groups is 2. The van der Waals surface area contributed by atoms with Gasteiger partial charge in [0.05, 0.1) is 19.8 Å². The topological polar surface area (TPSA) is 157 Å². The van der Waals surface area contributed by atoms with E-state index in [2.05, 4.69) is 44.4 Å². The van der Waals surface area contributed by atoms with E-state index in [4.69, 9.17) is 19.8 Å². The first-order valence-electron chi connectivity index (χ1n) is 11.0. The predicted octanol–water partition coefficient (Wildman–Crippen LogP) is 2.36. The van der Waals surface area contributed by atoms with E-state index in [0.717, 1.165) is 0 Å². The van der Waals surface area contributed by atoms with Gasteiger partial charge in [-0.25, -0.2) is 0 Å². The van der Waals surface area contributed by atoms with Crippen molar-refractivity contribution in [3.8, 4) is 0 Å². The van der Waals surface area contributed by atoms with Gasteiger partial charge in [-0.3, -0.25) is 14.1 Å². The zero-order valence-corrected chi connectivity index (χ0v) is 23.3. The lowest BCUT2D eigenvalue weighted by atomic mass is 9.83. The maximum Gasteiger partial charge on any atom is 0.278 e. The van der Waals surface area contributed by atoms with Crippen molar-refractivity contribution < 1.29 is 32.0 Å². The highest BCUT2D eigenvalue weighted by molar-refractivity contribution is 8.76. The fraction of sp³-hybridized carbons (Fsp3) is 0.636. The molecular formula is C22H37N3O7S3. The number of ether oxygens (including phenoxy) is 2. The molecule has 13 heteroatoms. The third-order valence-electron chi connectivity index (χ3n) is 4.84. The molecule has 1 aromatic carbocycles. The molecule has 0 aliphatic heterocycles. The number of amides is 2. The molecule has 1 aromatic rings. The summed E-state index contributed by atoms with van der Waals surface area (Å²) in [6.45, 7) is 8.45. The average Bonchev–Trinajstić information content (AvgIpc) is 2.74. The summed E-state index contributed by atoms with van der Waals surface area (Å²) in [6.07, 6.45) is 2.04. The van der Waals surface area contributed by atoms with Crippen LogP contribution in [0, 0.1) is 0 Å². The first-order valence-corrected chi connectivity index (χ1v) is 15.2. The molecule has 2 atom stereocenters. The summed E-state index contributed by atoms with van der Waals surface area (Å²) in [4.78, 5) is 24.0. The molecule has 0 saturated heterocycles. The zero-order chi connectivity index (χ0) is 26.6. The molecule has 0 fully saturated rings. The highest BCUT2D eigenvalue weighted by atomic mass is 33.1. The van der Waals surface area contributed by atoms with Gasteiger partial charge in [0, 0.05) is 24.0 Å². The molecule has 1 rings (SSSR count). The Hall–Kier alpha value is -1.35. The Morgan fingerprint density at radius 2 is 1.83 bits per heavy atom. The molecule has 0 heterocycles. The van der Waals surface area contributed by atoms with Crippen LogP contribution in [0.4, 0.5) is 5.69 Å². The third kappa shape index (κ3) is 11.5. The van der Waals surface area contributed by atoms with E-state index in [1.165, 1.54) is 11.1 Å². The quantitative estimate of drug-likeness (QED) is 0.145. The molecule has 0 aliphatic carbocycles. The lowest BCUT2D eigenvalue weighted by Crippen LogP contribution is -2.45. The van der Waals surface area contributed by atoms with Gasteiger partial charge < -0.3 is 25.8 Å². The van der Waals surface area contributed by atoms with Crippen LogP contribution in [0.5, 0.6) is 0 Å². The van der Waals surface area contributed by atoms with E-state index < -0.39 is 27.8 Å². The predicted molar refractivity (Wildman–Crippen MR) is 142 cm³/mol. The summed E-state index contributed by atoms with van der Waals surface area (Å²) in [7, 11) is -1.08. The second kappa shape index (κ2) is 15.0. The van der Waals surface area contributed by atoms with Gasteiger partial charge in [-0.15, -0.1) is 0 Å². The van der Waals surface area contributed by atoms with Gasteiger partial charge in [-0.05, 0) is 41.9 Å². The summed E-state index contributed by atoms with van der Waals surface area (Å²) >= 11 is 0. The van der Waals surface area contributed by atoms with Gasteiger partial charge in [0.15, 0.2) is 5.25 Å². The van der Waals surface area contributed by atoms with E-state index in [9.17, 15) is 18.0 Å². The molecule has 0 aromatic heterocycles. The van der Waals surface area contributed by atoms with Crippen molar-refractivity contribution >= 4 is 49.2 Å². The molecule has 2 amide bonds. The summed E-state index contributed by atoms with van der Waals surface area (Å²) < 4.78 is 41.6. The standard InChI is InChI=1S/C22H37N3O7S3/c1-15(34-33-5)17-12-16(6-7-18(17)22(2,3)4)25-20(26)14-32-11-10-31-9-8-24-21(27)19(13-23)35(28,29)30/h6-7,12,15,19H,8-11,13-14,23H2,1-5H3,(H,24,27)(H,25,26)(H,28,29,30). The number of nitrogens with one attached hydrogen (secondary N) is 2. The molecular weight excluding hydrogens is 514 g/mol. The van der Waals surface area contributed by atoms with Gasteiger partial charge in [0.1, 0.15) is 6.61 Å². The van der Waals surface area contributed by atoms with Crippen molar-refractivity contribution in [3.63, 3.8) is 0 Å². The fourth-order valence-electron chi connectivity index (χ4n) is 3.16. The van der Waals surface area contributed by atoms with Crippen molar-refractivity contribution in [1.29, 1.82) is 0 Å². The second-order valence-corrected chi connectivity index (χ2v) is 13.1. The molecule has 200 valence electrons. The van der Waals surface area contributed by atoms with E-state index in [0.29, 0.717) is 5.69 Å². The number of carbonyl (C=O) groups excluding carboxylic acids is 2. The van der Waals surface area contributed by atoms with Crippen LogP contribution in [0.25, 0.3) is 0 Å². The first kappa shape index (κ1) is 31.7. The van der Waals surface area contributed by atoms with E-state index >= 15 is 0 Å². The molecule has 0 radical (unpaired) electrons. The first-order chi connectivity index (χ1) is 16.3. The molecule has 10 nitrogen and oxygen atoms in total. The smallest absolute Gasteiger partial charge is 0.278 e. The Labute approximate surface area is 216 Å². The summed E-state index contributed by atoms with van der Waals surface area (Å²) in [6, 6.07) is 5.97. The highest BCUT2D eigenvalue weighted by Gasteiger charge is 2.29. The Morgan fingerprint density at radius 1 is 1.17 bits per heavy atom. The van der Waals surface area contributed by atoms with Crippen LogP contribution in [0.1, 0.15) is 44.1 Å². The SMILES string of the molecule is CSSC(C)c1cc(NC(=O)COCCOCCNC(=O)C(CN)S(=O)(=O)O)ccc1C(C)(C)C. The molecule has 0 saturated carbocycles. The Bertz CT molecular complexity index is 937. The Kier molecular flexibility index (Phi) is 13.6. The van der Waals surface area contributed by atoms with E-state index in [-0.39, 0.29) is 49.5 Å². The Morgan fingerprint density at radius 3 is 2.40 bits per heavy atom. The normalized spacial score (nSPS) is 13.8. The van der Waals surface area contributed by atoms with E-state index in [1.807, 2.05) is 18.4 Å². The molecule has 35 heavy (non-hydrogen) atoms. The summed E-state index contributed by atoms with van der Waals surface area (Å²) in [5.74, 6) is -1.18. The van der Waals surface area contributed by atoms with Gasteiger partial charge in [-0.1, -0.05) is 48.4 Å². The van der Waals surface area contributed by atoms with Crippen LogP contribution in [0.2, 0.25) is 0 Å². The van der Waals surface area contributed by atoms with Gasteiger partial charge in [0.25, 0.3) is 10.1 Å². The fourth-order valence-corrected chi connectivity index (χ4v) is 5.52. The van der Waals surface area contributed by atoms with Gasteiger partial charge in [0.2, 0.25) is 11.8 Å². The maximum absolute atomic E-state index is 12.3. The zero-order valence-electron chi connectivity index (χ0n) is 20.8. The number of hydrogen-bond acceptors (Lipinski definition) is 9. The Balaban J connectivity index is 2.40.